The lowest BCUT2D eigenvalue weighted by Gasteiger charge is -2.21. The predicted molar refractivity (Wildman–Crippen MR) is 109 cm³/mol. The quantitative estimate of drug-likeness (QED) is 0.619. The van der Waals surface area contributed by atoms with E-state index in [2.05, 4.69) is 37.7 Å². The van der Waals surface area contributed by atoms with Gasteiger partial charge < -0.3 is 16.1 Å². The summed E-state index contributed by atoms with van der Waals surface area (Å²) in [7, 11) is 4.70. The zero-order valence-corrected chi connectivity index (χ0v) is 16.6. The second kappa shape index (κ2) is 9.15. The third kappa shape index (κ3) is 4.19. The summed E-state index contributed by atoms with van der Waals surface area (Å²) in [6.45, 7) is 5.25. The Hall–Kier alpha value is -3.47. The van der Waals surface area contributed by atoms with Crippen LogP contribution in [0, 0.1) is 18.6 Å². The highest BCUT2D eigenvalue weighted by atomic mass is 19.1. The smallest absolute Gasteiger partial charge is 0.283 e. The van der Waals surface area contributed by atoms with Crippen LogP contribution in [0.3, 0.4) is 0 Å². The molecule has 154 valence electrons. The fraction of sp³-hybridized carbons (Fsp3) is 0.278. The van der Waals surface area contributed by atoms with E-state index in [4.69, 9.17) is 0 Å². The maximum Gasteiger partial charge on any atom is 0.283 e. The predicted octanol–water partition coefficient (Wildman–Crippen LogP) is 1.49. The van der Waals surface area contributed by atoms with E-state index in [0.717, 1.165) is 16.8 Å². The van der Waals surface area contributed by atoms with Crippen LogP contribution < -0.4 is 21.6 Å². The van der Waals surface area contributed by atoms with E-state index in [1.54, 1.807) is 21.0 Å². The Kier molecular flexibility index (Phi) is 6.89. The molecule has 0 aliphatic rings. The molecule has 2 heterocycles. The maximum atomic E-state index is 14.1. The van der Waals surface area contributed by atoms with Gasteiger partial charge in [0.05, 0.1) is 12.2 Å². The molecule has 0 atom stereocenters. The van der Waals surface area contributed by atoms with Crippen molar-refractivity contribution in [2.45, 2.75) is 13.5 Å². The molecular formula is C18H22F2N8O. The van der Waals surface area contributed by atoms with Crippen LogP contribution in [-0.4, -0.2) is 47.5 Å². The molecule has 29 heavy (non-hydrogen) atoms. The first-order chi connectivity index (χ1) is 13.8. The average Bonchev–Trinajstić information content (AvgIpc) is 2.70. The van der Waals surface area contributed by atoms with E-state index in [-0.39, 0.29) is 17.9 Å². The van der Waals surface area contributed by atoms with Crippen LogP contribution >= 0.6 is 0 Å². The van der Waals surface area contributed by atoms with Gasteiger partial charge in [-0.1, -0.05) is 0 Å². The van der Waals surface area contributed by atoms with Crippen LogP contribution in [0.25, 0.3) is 10.9 Å². The number of aliphatic imine (C=N–C) groups is 1. The monoisotopic (exact) mass is 404 g/mol. The zero-order chi connectivity index (χ0) is 21.7. The van der Waals surface area contributed by atoms with Crippen molar-refractivity contribution in [3.05, 3.63) is 52.0 Å². The normalized spacial score (nSPS) is 10.3. The molecule has 11 heteroatoms. The van der Waals surface area contributed by atoms with Crippen LogP contribution in [0.1, 0.15) is 11.5 Å². The molecule has 0 unspecified atom stereocenters. The van der Waals surface area contributed by atoms with Gasteiger partial charge in [-0.05, 0) is 32.8 Å². The summed E-state index contributed by atoms with van der Waals surface area (Å²) in [5.41, 5.74) is 4.54. The van der Waals surface area contributed by atoms with Crippen molar-refractivity contribution in [2.75, 3.05) is 31.5 Å². The van der Waals surface area contributed by atoms with Gasteiger partial charge in [-0.2, -0.15) is 0 Å². The Balaban J connectivity index is 0.00000145. The van der Waals surface area contributed by atoms with Gasteiger partial charge in [-0.15, -0.1) is 0 Å². The molecule has 0 aliphatic heterocycles. The highest BCUT2D eigenvalue weighted by molar-refractivity contribution is 5.79. The average molecular weight is 404 g/mol. The van der Waals surface area contributed by atoms with E-state index in [0.29, 0.717) is 17.2 Å². The highest BCUT2D eigenvalue weighted by Gasteiger charge is 2.19. The fourth-order valence-corrected chi connectivity index (χ4v) is 2.73. The second-order valence-corrected chi connectivity index (χ2v) is 5.91. The standard InChI is InChI=1S/C17H17F2N7O.CH5N/c1-9-14(20-2)16(23-8-22-9)21-7-12-24-15-11(19)6-5-10(18)13(15)17(27)26(12)25(3)4;1-2/h5-6,8H,2,7H2,1,3-4H3,(H,21,22,23);2H2,1H3. The number of anilines is 1. The van der Waals surface area contributed by atoms with Gasteiger partial charge in [0, 0.05) is 14.1 Å². The molecule has 2 aromatic heterocycles. The van der Waals surface area contributed by atoms with Crippen molar-refractivity contribution in [3.8, 4) is 0 Å². The number of hydrogen-bond acceptors (Lipinski definition) is 8. The highest BCUT2D eigenvalue weighted by Crippen LogP contribution is 2.24. The first-order valence-electron chi connectivity index (χ1n) is 8.52. The summed E-state index contributed by atoms with van der Waals surface area (Å²) < 4.78 is 29.4. The summed E-state index contributed by atoms with van der Waals surface area (Å²) >= 11 is 0. The third-order valence-corrected chi connectivity index (χ3v) is 3.95. The number of rotatable bonds is 5. The van der Waals surface area contributed by atoms with Crippen LogP contribution in [-0.2, 0) is 6.54 Å². The minimum Gasteiger partial charge on any atom is -0.361 e. The van der Waals surface area contributed by atoms with Gasteiger partial charge in [0.15, 0.2) is 11.6 Å². The lowest BCUT2D eigenvalue weighted by molar-refractivity contribution is 0.598. The molecule has 9 nitrogen and oxygen atoms in total. The number of halogens is 2. The molecule has 0 radical (unpaired) electrons. The summed E-state index contributed by atoms with van der Waals surface area (Å²) in [6.07, 6.45) is 1.36. The number of nitrogens with one attached hydrogen (secondary N) is 1. The molecule has 0 amide bonds. The second-order valence-electron chi connectivity index (χ2n) is 5.91. The van der Waals surface area contributed by atoms with Crippen LogP contribution in [0.4, 0.5) is 20.3 Å². The van der Waals surface area contributed by atoms with Gasteiger partial charge in [-0.25, -0.2) is 28.4 Å². The topological polar surface area (TPSA) is 114 Å². The summed E-state index contributed by atoms with van der Waals surface area (Å²) in [5.74, 6) is -1.05. The van der Waals surface area contributed by atoms with Crippen molar-refractivity contribution in [1.29, 1.82) is 0 Å². The Bertz CT molecular complexity index is 1100. The Morgan fingerprint density at radius 2 is 1.90 bits per heavy atom. The van der Waals surface area contributed by atoms with E-state index < -0.39 is 22.6 Å². The third-order valence-electron chi connectivity index (χ3n) is 3.95. The van der Waals surface area contributed by atoms with E-state index in [1.165, 1.54) is 18.4 Å². The Morgan fingerprint density at radius 3 is 2.52 bits per heavy atom. The van der Waals surface area contributed by atoms with Crippen molar-refractivity contribution in [3.63, 3.8) is 0 Å². The minimum absolute atomic E-state index is 0.0122. The van der Waals surface area contributed by atoms with E-state index >= 15 is 0 Å². The SMILES string of the molecule is C=Nc1c(C)ncnc1NCc1nc2c(F)ccc(F)c2c(=O)n1N(C)C.CN. The number of nitrogens with zero attached hydrogens (tertiary/aromatic N) is 6. The molecule has 0 fully saturated rings. The van der Waals surface area contributed by atoms with Crippen LogP contribution in [0.15, 0.2) is 28.2 Å². The molecular weight excluding hydrogens is 382 g/mol. The van der Waals surface area contributed by atoms with Crippen LogP contribution in [0.5, 0.6) is 0 Å². The van der Waals surface area contributed by atoms with Crippen molar-refractivity contribution in [1.82, 2.24) is 19.6 Å². The van der Waals surface area contributed by atoms with E-state index in [9.17, 15) is 13.6 Å². The molecule has 0 spiro atoms. The largest absolute Gasteiger partial charge is 0.361 e. The lowest BCUT2D eigenvalue weighted by atomic mass is 10.2. The number of aromatic nitrogens is 4. The van der Waals surface area contributed by atoms with Crippen molar-refractivity contribution >= 4 is 29.1 Å². The van der Waals surface area contributed by atoms with Crippen molar-refractivity contribution in [2.24, 2.45) is 10.7 Å². The maximum absolute atomic E-state index is 14.1. The molecule has 0 bridgehead atoms. The zero-order valence-electron chi connectivity index (χ0n) is 16.6. The summed E-state index contributed by atoms with van der Waals surface area (Å²) in [4.78, 5) is 28.9. The van der Waals surface area contributed by atoms with Gasteiger partial charge in [0.2, 0.25) is 0 Å². The number of hydrogen-bond donors (Lipinski definition) is 2. The Morgan fingerprint density at radius 1 is 1.24 bits per heavy atom. The molecule has 0 aliphatic carbocycles. The van der Waals surface area contributed by atoms with Crippen molar-refractivity contribution < 1.29 is 8.78 Å². The molecule has 3 N–H and O–H groups in total. The number of benzene rings is 1. The fourth-order valence-electron chi connectivity index (χ4n) is 2.73. The van der Waals surface area contributed by atoms with Gasteiger partial charge in [0.1, 0.15) is 34.6 Å². The van der Waals surface area contributed by atoms with Gasteiger partial charge in [-0.3, -0.25) is 9.79 Å². The first-order valence-corrected chi connectivity index (χ1v) is 8.52. The molecule has 0 saturated carbocycles. The number of aryl methyl sites for hydroxylation is 1. The van der Waals surface area contributed by atoms with E-state index in [1.807, 2.05) is 0 Å². The number of nitrogens with two attached hydrogens (primary N) is 1. The Labute approximate surface area is 165 Å². The first kappa shape index (κ1) is 21.8. The summed E-state index contributed by atoms with van der Waals surface area (Å²) in [6, 6.07) is 1.85. The number of fused-ring (bicyclic) bond motifs is 1. The van der Waals surface area contributed by atoms with Crippen LogP contribution in [0.2, 0.25) is 0 Å². The molecule has 3 rings (SSSR count). The molecule has 3 aromatic rings. The minimum atomic E-state index is -0.830. The molecule has 0 saturated heterocycles. The van der Waals surface area contributed by atoms with Gasteiger partial charge >= 0.3 is 0 Å². The molecule has 1 aromatic carbocycles. The lowest BCUT2D eigenvalue weighted by Crippen LogP contribution is -2.40. The van der Waals surface area contributed by atoms with Gasteiger partial charge in [0.25, 0.3) is 5.56 Å². The summed E-state index contributed by atoms with van der Waals surface area (Å²) in [5, 5.41) is 4.03.